The molecule has 4 rings (SSSR count). The van der Waals surface area contributed by atoms with Crippen LogP contribution in [0.15, 0.2) is 29.3 Å². The van der Waals surface area contributed by atoms with Crippen molar-refractivity contribution in [2.45, 2.75) is 69.7 Å². The molecule has 2 fully saturated rings. The number of benzene rings is 1. The number of nitrogens with one attached hydrogen (secondary N) is 2. The van der Waals surface area contributed by atoms with E-state index in [9.17, 15) is 0 Å². The molecule has 0 radical (unpaired) electrons. The van der Waals surface area contributed by atoms with E-state index in [1.165, 1.54) is 18.4 Å². The summed E-state index contributed by atoms with van der Waals surface area (Å²) in [5.41, 5.74) is 1.23. The first-order chi connectivity index (χ1) is 14.1. The largest absolute Gasteiger partial charge is 0.487 e. The summed E-state index contributed by atoms with van der Waals surface area (Å²) in [6.45, 7) is 8.01. The Balaban J connectivity index is 1.41. The second-order valence-corrected chi connectivity index (χ2v) is 8.89. The van der Waals surface area contributed by atoms with Crippen LogP contribution in [0.3, 0.4) is 0 Å². The SMILES string of the molecule is CN=C(NCC(C)N1CCOCC1C)NC1CC2(CCCC2)Oc2ccccc21. The van der Waals surface area contributed by atoms with Gasteiger partial charge in [-0.3, -0.25) is 9.89 Å². The van der Waals surface area contributed by atoms with Gasteiger partial charge in [0.15, 0.2) is 5.96 Å². The quantitative estimate of drug-likeness (QED) is 0.601. The number of fused-ring (bicyclic) bond motifs is 1. The summed E-state index contributed by atoms with van der Waals surface area (Å²) in [5.74, 6) is 1.90. The van der Waals surface area contributed by atoms with Gasteiger partial charge in [-0.2, -0.15) is 0 Å². The highest BCUT2D eigenvalue weighted by molar-refractivity contribution is 5.80. The lowest BCUT2D eigenvalue weighted by atomic mass is 9.86. The standard InChI is InChI=1S/C23H36N4O2/c1-17(27-12-13-28-16-18(27)2)15-25-22(24-3)26-20-14-23(10-6-7-11-23)29-21-9-5-4-8-19(20)21/h4-5,8-9,17-18,20H,6-7,10-16H2,1-3H3,(H2,24,25,26). The van der Waals surface area contributed by atoms with Gasteiger partial charge in [0.1, 0.15) is 11.4 Å². The summed E-state index contributed by atoms with van der Waals surface area (Å²) in [5, 5.41) is 7.26. The van der Waals surface area contributed by atoms with Crippen molar-refractivity contribution in [3.05, 3.63) is 29.8 Å². The predicted octanol–water partition coefficient (Wildman–Crippen LogP) is 3.10. The maximum atomic E-state index is 6.50. The minimum absolute atomic E-state index is 0.0125. The normalized spacial score (nSPS) is 27.9. The molecule has 160 valence electrons. The number of nitrogens with zero attached hydrogens (tertiary/aromatic N) is 2. The summed E-state index contributed by atoms with van der Waals surface area (Å²) in [4.78, 5) is 7.03. The molecule has 0 bridgehead atoms. The van der Waals surface area contributed by atoms with Crippen LogP contribution in [-0.2, 0) is 4.74 Å². The number of rotatable bonds is 4. The Labute approximate surface area is 175 Å². The van der Waals surface area contributed by atoms with Crippen LogP contribution in [0, 0.1) is 0 Å². The number of morpholine rings is 1. The fraction of sp³-hybridized carbons (Fsp3) is 0.696. The topological polar surface area (TPSA) is 58.1 Å². The van der Waals surface area contributed by atoms with Gasteiger partial charge in [0.2, 0.25) is 0 Å². The van der Waals surface area contributed by atoms with Gasteiger partial charge in [-0.15, -0.1) is 0 Å². The van der Waals surface area contributed by atoms with Crippen LogP contribution in [-0.4, -0.2) is 61.9 Å². The highest BCUT2D eigenvalue weighted by Crippen LogP contribution is 2.46. The first-order valence-electron chi connectivity index (χ1n) is 11.2. The Hall–Kier alpha value is -1.79. The van der Waals surface area contributed by atoms with Crippen LogP contribution in [0.5, 0.6) is 5.75 Å². The van der Waals surface area contributed by atoms with E-state index in [4.69, 9.17) is 9.47 Å². The van der Waals surface area contributed by atoms with Crippen LogP contribution < -0.4 is 15.4 Å². The molecule has 0 amide bonds. The van der Waals surface area contributed by atoms with E-state index in [1.54, 1.807) is 0 Å². The van der Waals surface area contributed by atoms with Gasteiger partial charge in [-0.25, -0.2) is 0 Å². The molecule has 0 aromatic heterocycles. The Morgan fingerprint density at radius 3 is 2.86 bits per heavy atom. The van der Waals surface area contributed by atoms with Crippen LogP contribution in [0.1, 0.15) is 57.6 Å². The Kier molecular flexibility index (Phi) is 6.30. The minimum Gasteiger partial charge on any atom is -0.487 e. The zero-order valence-electron chi connectivity index (χ0n) is 18.1. The molecular weight excluding hydrogens is 364 g/mol. The summed E-state index contributed by atoms with van der Waals surface area (Å²) < 4.78 is 12.1. The molecule has 2 N–H and O–H groups in total. The molecule has 1 saturated heterocycles. The Bertz CT molecular complexity index is 717. The predicted molar refractivity (Wildman–Crippen MR) is 117 cm³/mol. The second kappa shape index (κ2) is 8.92. The molecule has 1 aromatic rings. The van der Waals surface area contributed by atoms with Crippen LogP contribution in [0.25, 0.3) is 0 Å². The van der Waals surface area contributed by atoms with Gasteiger partial charge in [-0.05, 0) is 45.6 Å². The number of para-hydroxylation sites is 1. The molecule has 2 heterocycles. The fourth-order valence-electron chi connectivity index (χ4n) is 5.19. The molecule has 6 heteroatoms. The maximum Gasteiger partial charge on any atom is 0.191 e. The average Bonchev–Trinajstić information content (AvgIpc) is 3.18. The van der Waals surface area contributed by atoms with Crippen molar-refractivity contribution in [3.63, 3.8) is 0 Å². The minimum atomic E-state index is -0.0125. The van der Waals surface area contributed by atoms with E-state index in [-0.39, 0.29) is 11.6 Å². The van der Waals surface area contributed by atoms with Crippen molar-refractivity contribution in [2.24, 2.45) is 4.99 Å². The van der Waals surface area contributed by atoms with Crippen molar-refractivity contribution < 1.29 is 9.47 Å². The smallest absolute Gasteiger partial charge is 0.191 e. The lowest BCUT2D eigenvalue weighted by Crippen LogP contribution is -2.53. The average molecular weight is 401 g/mol. The maximum absolute atomic E-state index is 6.50. The first-order valence-corrected chi connectivity index (χ1v) is 11.2. The van der Waals surface area contributed by atoms with Crippen molar-refractivity contribution in [3.8, 4) is 5.75 Å². The highest BCUT2D eigenvalue weighted by atomic mass is 16.5. The second-order valence-electron chi connectivity index (χ2n) is 8.89. The van der Waals surface area contributed by atoms with E-state index < -0.39 is 0 Å². The van der Waals surface area contributed by atoms with Crippen LogP contribution in [0.2, 0.25) is 0 Å². The van der Waals surface area contributed by atoms with Crippen molar-refractivity contribution >= 4 is 5.96 Å². The third-order valence-electron chi connectivity index (χ3n) is 6.80. The fourth-order valence-corrected chi connectivity index (χ4v) is 5.19. The lowest BCUT2D eigenvalue weighted by molar-refractivity contribution is -0.0174. The van der Waals surface area contributed by atoms with E-state index in [1.807, 2.05) is 7.05 Å². The lowest BCUT2D eigenvalue weighted by Gasteiger charge is -2.41. The number of hydrogen-bond donors (Lipinski definition) is 2. The van der Waals surface area contributed by atoms with Crippen molar-refractivity contribution in [1.29, 1.82) is 0 Å². The van der Waals surface area contributed by atoms with Gasteiger partial charge in [0, 0.05) is 44.2 Å². The Morgan fingerprint density at radius 2 is 2.10 bits per heavy atom. The van der Waals surface area contributed by atoms with Crippen molar-refractivity contribution in [2.75, 3.05) is 33.4 Å². The number of ether oxygens (including phenoxy) is 2. The summed E-state index contributed by atoms with van der Waals surface area (Å²) >= 11 is 0. The molecule has 1 saturated carbocycles. The molecule has 6 nitrogen and oxygen atoms in total. The molecule has 29 heavy (non-hydrogen) atoms. The third-order valence-corrected chi connectivity index (χ3v) is 6.80. The van der Waals surface area contributed by atoms with Gasteiger partial charge in [-0.1, -0.05) is 18.2 Å². The molecule has 3 aliphatic rings. The summed E-state index contributed by atoms with van der Waals surface area (Å²) in [7, 11) is 1.86. The van der Waals surface area contributed by atoms with E-state index in [2.05, 4.69) is 58.6 Å². The Morgan fingerprint density at radius 1 is 1.31 bits per heavy atom. The van der Waals surface area contributed by atoms with Gasteiger partial charge < -0.3 is 20.1 Å². The molecule has 1 spiro atoms. The monoisotopic (exact) mass is 400 g/mol. The van der Waals surface area contributed by atoms with E-state index >= 15 is 0 Å². The van der Waals surface area contributed by atoms with Gasteiger partial charge >= 0.3 is 0 Å². The highest BCUT2D eigenvalue weighted by Gasteiger charge is 2.43. The third kappa shape index (κ3) is 4.53. The molecule has 2 aliphatic heterocycles. The van der Waals surface area contributed by atoms with E-state index in [0.717, 1.165) is 57.3 Å². The number of guanidine groups is 1. The van der Waals surface area contributed by atoms with Gasteiger partial charge in [0.25, 0.3) is 0 Å². The van der Waals surface area contributed by atoms with Crippen LogP contribution >= 0.6 is 0 Å². The molecular formula is C23H36N4O2. The molecule has 3 atom stereocenters. The summed E-state index contributed by atoms with van der Waals surface area (Å²) in [6, 6.07) is 9.57. The zero-order chi connectivity index (χ0) is 20.3. The zero-order valence-corrected chi connectivity index (χ0v) is 18.1. The molecule has 3 unspecified atom stereocenters. The first kappa shape index (κ1) is 20.5. The van der Waals surface area contributed by atoms with Crippen molar-refractivity contribution in [1.82, 2.24) is 15.5 Å². The number of hydrogen-bond acceptors (Lipinski definition) is 4. The van der Waals surface area contributed by atoms with Gasteiger partial charge in [0.05, 0.1) is 19.3 Å². The number of aliphatic imine (C=N–C) groups is 1. The van der Waals surface area contributed by atoms with Crippen LogP contribution in [0.4, 0.5) is 0 Å². The van der Waals surface area contributed by atoms with E-state index in [0.29, 0.717) is 12.1 Å². The summed E-state index contributed by atoms with van der Waals surface area (Å²) in [6.07, 6.45) is 5.82. The molecule has 1 aromatic carbocycles. The molecule has 1 aliphatic carbocycles.